The van der Waals surface area contributed by atoms with Gasteiger partial charge in [-0.2, -0.15) is 0 Å². The summed E-state index contributed by atoms with van der Waals surface area (Å²) < 4.78 is 6.03. The summed E-state index contributed by atoms with van der Waals surface area (Å²) >= 11 is 0. The van der Waals surface area contributed by atoms with Crippen molar-refractivity contribution in [1.82, 2.24) is 0 Å². The van der Waals surface area contributed by atoms with Crippen molar-refractivity contribution in [3.8, 4) is 0 Å². The first kappa shape index (κ1) is 20.3. The van der Waals surface area contributed by atoms with Gasteiger partial charge in [-0.05, 0) is 51.9 Å². The number of aliphatic hydroxyl groups is 1. The number of carbonyl (C=O) groups is 1. The highest BCUT2D eigenvalue weighted by atomic mass is 16.5. The SMILES string of the molecule is CC(=O)CCCC(C)C(C)OC(CC=CC(C)C)C(C)O. The number of hydrogen-bond donors (Lipinski definition) is 1. The molecule has 0 aromatic rings. The second-order valence-corrected chi connectivity index (χ2v) is 6.60. The molecular weight excluding hydrogens is 264 g/mol. The Balaban J connectivity index is 4.26. The van der Waals surface area contributed by atoms with Gasteiger partial charge in [-0.3, -0.25) is 0 Å². The summed E-state index contributed by atoms with van der Waals surface area (Å²) in [5.74, 6) is 1.15. The molecule has 21 heavy (non-hydrogen) atoms. The van der Waals surface area contributed by atoms with Crippen LogP contribution in [0.4, 0.5) is 0 Å². The predicted octanol–water partition coefficient (Wildman–Crippen LogP) is 4.14. The minimum Gasteiger partial charge on any atom is -0.391 e. The largest absolute Gasteiger partial charge is 0.391 e. The third-order valence-corrected chi connectivity index (χ3v) is 3.81. The molecule has 0 heterocycles. The van der Waals surface area contributed by atoms with Crippen molar-refractivity contribution in [2.75, 3.05) is 0 Å². The van der Waals surface area contributed by atoms with Crippen LogP contribution in [0.15, 0.2) is 12.2 Å². The first-order valence-corrected chi connectivity index (χ1v) is 8.23. The van der Waals surface area contributed by atoms with E-state index in [1.165, 1.54) is 0 Å². The molecule has 3 heteroatoms. The summed E-state index contributed by atoms with van der Waals surface area (Å²) in [5, 5.41) is 9.85. The molecular formula is C18H34O3. The van der Waals surface area contributed by atoms with Gasteiger partial charge in [-0.1, -0.05) is 32.9 Å². The number of hydrogen-bond acceptors (Lipinski definition) is 3. The number of ketones is 1. The van der Waals surface area contributed by atoms with Crippen LogP contribution in [-0.2, 0) is 9.53 Å². The Bertz CT molecular complexity index is 308. The van der Waals surface area contributed by atoms with Gasteiger partial charge in [0.1, 0.15) is 5.78 Å². The van der Waals surface area contributed by atoms with Crippen LogP contribution in [0.1, 0.15) is 67.2 Å². The number of aliphatic hydroxyl groups excluding tert-OH is 1. The van der Waals surface area contributed by atoms with E-state index in [4.69, 9.17) is 4.74 Å². The van der Waals surface area contributed by atoms with Gasteiger partial charge in [0.25, 0.3) is 0 Å². The van der Waals surface area contributed by atoms with Crippen LogP contribution >= 0.6 is 0 Å². The lowest BCUT2D eigenvalue weighted by Crippen LogP contribution is -2.32. The van der Waals surface area contributed by atoms with E-state index in [0.29, 0.717) is 18.3 Å². The van der Waals surface area contributed by atoms with Crippen LogP contribution in [-0.4, -0.2) is 29.2 Å². The van der Waals surface area contributed by atoms with Crippen molar-refractivity contribution >= 4 is 5.78 Å². The molecule has 0 aliphatic rings. The van der Waals surface area contributed by atoms with Crippen LogP contribution in [0.2, 0.25) is 0 Å². The molecule has 0 rings (SSSR count). The van der Waals surface area contributed by atoms with E-state index in [9.17, 15) is 9.90 Å². The van der Waals surface area contributed by atoms with Crippen molar-refractivity contribution in [3.63, 3.8) is 0 Å². The molecule has 0 radical (unpaired) electrons. The number of ether oxygens (including phenoxy) is 1. The fraction of sp³-hybridized carbons (Fsp3) is 0.833. The maximum absolute atomic E-state index is 11.0. The monoisotopic (exact) mass is 298 g/mol. The minimum absolute atomic E-state index is 0.0870. The summed E-state index contributed by atoms with van der Waals surface area (Å²) in [6.45, 7) is 11.9. The van der Waals surface area contributed by atoms with E-state index in [0.717, 1.165) is 19.3 Å². The number of carbonyl (C=O) groups excluding carboxylic acids is 1. The maximum Gasteiger partial charge on any atom is 0.129 e. The molecule has 0 aromatic heterocycles. The topological polar surface area (TPSA) is 46.5 Å². The second kappa shape index (κ2) is 11.0. The molecule has 3 nitrogen and oxygen atoms in total. The van der Waals surface area contributed by atoms with Gasteiger partial charge >= 0.3 is 0 Å². The van der Waals surface area contributed by atoms with E-state index >= 15 is 0 Å². The first-order valence-electron chi connectivity index (χ1n) is 8.23. The average Bonchev–Trinajstić information content (AvgIpc) is 2.36. The lowest BCUT2D eigenvalue weighted by molar-refractivity contribution is -0.117. The summed E-state index contributed by atoms with van der Waals surface area (Å²) in [4.78, 5) is 11.0. The number of rotatable bonds is 11. The molecule has 0 aliphatic heterocycles. The van der Waals surface area contributed by atoms with Gasteiger partial charge in [0.2, 0.25) is 0 Å². The van der Waals surface area contributed by atoms with E-state index in [1.807, 2.05) is 0 Å². The smallest absolute Gasteiger partial charge is 0.129 e. The van der Waals surface area contributed by atoms with Gasteiger partial charge in [-0.15, -0.1) is 0 Å². The minimum atomic E-state index is -0.478. The lowest BCUT2D eigenvalue weighted by Gasteiger charge is -2.27. The number of Topliss-reactive ketones (excluding diaryl/α,β-unsaturated/α-hetero) is 1. The number of allylic oxidation sites excluding steroid dienone is 1. The third kappa shape index (κ3) is 10.7. The van der Waals surface area contributed by atoms with Gasteiger partial charge in [0.15, 0.2) is 0 Å². The quantitative estimate of drug-likeness (QED) is 0.583. The zero-order chi connectivity index (χ0) is 16.4. The molecule has 1 N–H and O–H groups in total. The zero-order valence-corrected chi connectivity index (χ0v) is 14.6. The Morgan fingerprint density at radius 1 is 1.19 bits per heavy atom. The normalized spacial score (nSPS) is 17.9. The fourth-order valence-electron chi connectivity index (χ4n) is 2.17. The molecule has 0 saturated carbocycles. The Morgan fingerprint density at radius 3 is 2.29 bits per heavy atom. The summed E-state index contributed by atoms with van der Waals surface area (Å²) in [5.41, 5.74) is 0. The second-order valence-electron chi connectivity index (χ2n) is 6.60. The average molecular weight is 298 g/mol. The van der Waals surface area contributed by atoms with E-state index in [-0.39, 0.29) is 18.0 Å². The van der Waals surface area contributed by atoms with Gasteiger partial charge in [-0.25, -0.2) is 0 Å². The zero-order valence-electron chi connectivity index (χ0n) is 14.6. The van der Waals surface area contributed by atoms with Gasteiger partial charge < -0.3 is 14.6 Å². The Kier molecular flexibility index (Phi) is 10.6. The first-order chi connectivity index (χ1) is 9.73. The van der Waals surface area contributed by atoms with Crippen molar-refractivity contribution in [2.24, 2.45) is 11.8 Å². The van der Waals surface area contributed by atoms with Crippen LogP contribution in [0.3, 0.4) is 0 Å². The molecule has 124 valence electrons. The summed E-state index contributed by atoms with van der Waals surface area (Å²) in [6.07, 6.45) is 6.96. The van der Waals surface area contributed by atoms with Crippen LogP contribution in [0, 0.1) is 11.8 Å². The molecule has 0 spiro atoms. The lowest BCUT2D eigenvalue weighted by atomic mass is 9.97. The van der Waals surface area contributed by atoms with Crippen LogP contribution < -0.4 is 0 Å². The van der Waals surface area contributed by atoms with Crippen molar-refractivity contribution in [2.45, 2.75) is 85.5 Å². The van der Waals surface area contributed by atoms with E-state index in [1.54, 1.807) is 13.8 Å². The van der Waals surface area contributed by atoms with E-state index < -0.39 is 6.10 Å². The maximum atomic E-state index is 11.0. The van der Waals surface area contributed by atoms with E-state index in [2.05, 4.69) is 39.8 Å². The predicted molar refractivity (Wildman–Crippen MR) is 88.3 cm³/mol. The highest BCUT2D eigenvalue weighted by Crippen LogP contribution is 2.19. The fourth-order valence-corrected chi connectivity index (χ4v) is 2.17. The molecule has 0 saturated heterocycles. The highest BCUT2D eigenvalue weighted by Gasteiger charge is 2.21. The van der Waals surface area contributed by atoms with Crippen molar-refractivity contribution < 1.29 is 14.6 Å². The molecule has 4 unspecified atom stereocenters. The standard InChI is InChI=1S/C18H34O3/c1-13(2)9-7-12-18(16(5)20)21-17(6)14(3)10-8-11-15(4)19/h7,9,13-14,16-18,20H,8,10-12H2,1-6H3. The summed E-state index contributed by atoms with van der Waals surface area (Å²) in [6, 6.07) is 0. The molecule has 4 atom stereocenters. The summed E-state index contributed by atoms with van der Waals surface area (Å²) in [7, 11) is 0. The van der Waals surface area contributed by atoms with Crippen molar-refractivity contribution in [1.29, 1.82) is 0 Å². The Morgan fingerprint density at radius 2 is 1.81 bits per heavy atom. The molecule has 0 amide bonds. The molecule has 0 bridgehead atoms. The van der Waals surface area contributed by atoms with Crippen molar-refractivity contribution in [3.05, 3.63) is 12.2 Å². The Hall–Kier alpha value is -0.670. The van der Waals surface area contributed by atoms with Gasteiger partial charge in [0.05, 0.1) is 18.3 Å². The molecule has 0 aromatic carbocycles. The highest BCUT2D eigenvalue weighted by molar-refractivity contribution is 5.75. The van der Waals surface area contributed by atoms with Crippen LogP contribution in [0.25, 0.3) is 0 Å². The third-order valence-electron chi connectivity index (χ3n) is 3.81. The van der Waals surface area contributed by atoms with Gasteiger partial charge in [0, 0.05) is 6.42 Å². The van der Waals surface area contributed by atoms with Crippen LogP contribution in [0.5, 0.6) is 0 Å². The molecule has 0 fully saturated rings. The molecule has 0 aliphatic carbocycles. The Labute approximate surface area is 130 Å².